The molecule has 1 saturated heterocycles. The van der Waals surface area contributed by atoms with Gasteiger partial charge in [-0.25, -0.2) is 0 Å². The van der Waals surface area contributed by atoms with Crippen LogP contribution in [0.4, 0.5) is 5.69 Å². The molecule has 1 aromatic carbocycles. The minimum Gasteiger partial charge on any atom is -0.497 e. The zero-order chi connectivity index (χ0) is 13.9. The van der Waals surface area contributed by atoms with Gasteiger partial charge in [-0.1, -0.05) is 13.8 Å². The summed E-state index contributed by atoms with van der Waals surface area (Å²) < 4.78 is 5.15. The number of nitriles is 1. The summed E-state index contributed by atoms with van der Waals surface area (Å²) in [6.45, 7) is 4.35. The third kappa shape index (κ3) is 2.66. The molecule has 0 spiro atoms. The van der Waals surface area contributed by atoms with E-state index in [9.17, 15) is 5.26 Å². The lowest BCUT2D eigenvalue weighted by atomic mass is 9.71. The largest absolute Gasteiger partial charge is 0.497 e. The number of methoxy groups -OCH3 is 1. The van der Waals surface area contributed by atoms with Crippen LogP contribution >= 0.6 is 11.8 Å². The molecule has 1 atom stereocenters. The zero-order valence-corrected chi connectivity index (χ0v) is 12.5. The Morgan fingerprint density at radius 3 is 2.53 bits per heavy atom. The number of rotatable bonds is 3. The van der Waals surface area contributed by atoms with Gasteiger partial charge in [0.1, 0.15) is 11.3 Å². The summed E-state index contributed by atoms with van der Waals surface area (Å²) in [6.07, 6.45) is 1.05. The number of hydrogen-bond donors (Lipinski definition) is 1. The lowest BCUT2D eigenvalue weighted by molar-refractivity contribution is 0.248. The number of ether oxygens (including phenoxy) is 1. The number of nitrogens with zero attached hydrogens (tertiary/aromatic N) is 1. The van der Waals surface area contributed by atoms with E-state index >= 15 is 0 Å². The molecule has 102 valence electrons. The second-order valence-corrected chi connectivity index (χ2v) is 6.66. The van der Waals surface area contributed by atoms with Crippen LogP contribution in [0.5, 0.6) is 5.75 Å². The van der Waals surface area contributed by atoms with E-state index in [0.717, 1.165) is 29.4 Å². The first-order valence-electron chi connectivity index (χ1n) is 6.44. The van der Waals surface area contributed by atoms with Crippen LogP contribution in [0.3, 0.4) is 0 Å². The first-order chi connectivity index (χ1) is 9.03. The highest BCUT2D eigenvalue weighted by atomic mass is 32.2. The van der Waals surface area contributed by atoms with Crippen LogP contribution in [-0.4, -0.2) is 24.2 Å². The molecule has 0 saturated carbocycles. The third-order valence-corrected chi connectivity index (χ3v) is 5.11. The van der Waals surface area contributed by atoms with Gasteiger partial charge in [0.15, 0.2) is 0 Å². The standard InChI is InChI=1S/C15H20N2OS/c1-14(2)8-9-19-11-15(14,10-16)17-12-4-6-13(18-3)7-5-12/h4-7,17H,8-9,11H2,1-3H3. The SMILES string of the molecule is COc1ccc(NC2(C#N)CSCCC2(C)C)cc1. The third-order valence-electron chi connectivity index (χ3n) is 3.98. The van der Waals surface area contributed by atoms with Gasteiger partial charge in [-0.3, -0.25) is 0 Å². The van der Waals surface area contributed by atoms with Crippen LogP contribution < -0.4 is 10.1 Å². The van der Waals surface area contributed by atoms with Crippen LogP contribution in [0.1, 0.15) is 20.3 Å². The van der Waals surface area contributed by atoms with Crippen LogP contribution in [-0.2, 0) is 0 Å². The Morgan fingerprint density at radius 2 is 2.00 bits per heavy atom. The van der Waals surface area contributed by atoms with E-state index in [1.54, 1.807) is 7.11 Å². The number of anilines is 1. The Morgan fingerprint density at radius 1 is 1.32 bits per heavy atom. The van der Waals surface area contributed by atoms with Gasteiger partial charge in [0.25, 0.3) is 0 Å². The number of benzene rings is 1. The normalized spacial score (nSPS) is 25.4. The number of hydrogen-bond acceptors (Lipinski definition) is 4. The Balaban J connectivity index is 2.24. The van der Waals surface area contributed by atoms with Crippen molar-refractivity contribution in [2.45, 2.75) is 25.8 Å². The van der Waals surface area contributed by atoms with E-state index in [2.05, 4.69) is 25.2 Å². The quantitative estimate of drug-likeness (QED) is 0.917. The predicted octanol–water partition coefficient (Wildman–Crippen LogP) is 3.53. The molecular weight excluding hydrogens is 256 g/mol. The lowest BCUT2D eigenvalue weighted by Crippen LogP contribution is -2.54. The minimum absolute atomic E-state index is 0.0348. The van der Waals surface area contributed by atoms with Gasteiger partial charge in [0.2, 0.25) is 0 Å². The van der Waals surface area contributed by atoms with Gasteiger partial charge in [0.05, 0.1) is 13.2 Å². The molecule has 1 aliphatic rings. The summed E-state index contributed by atoms with van der Waals surface area (Å²) >= 11 is 1.85. The van der Waals surface area contributed by atoms with Crippen LogP contribution in [0, 0.1) is 16.7 Å². The van der Waals surface area contributed by atoms with Crippen LogP contribution in [0.2, 0.25) is 0 Å². The lowest BCUT2D eigenvalue weighted by Gasteiger charge is -2.46. The smallest absolute Gasteiger partial charge is 0.139 e. The van der Waals surface area contributed by atoms with Crippen molar-refractivity contribution in [2.24, 2.45) is 5.41 Å². The van der Waals surface area contributed by atoms with E-state index < -0.39 is 5.54 Å². The van der Waals surface area contributed by atoms with Gasteiger partial charge in [-0.15, -0.1) is 0 Å². The van der Waals surface area contributed by atoms with Crippen molar-refractivity contribution in [1.29, 1.82) is 5.26 Å². The first kappa shape index (κ1) is 14.1. The minimum atomic E-state index is -0.509. The topological polar surface area (TPSA) is 45.0 Å². The first-order valence-corrected chi connectivity index (χ1v) is 7.60. The van der Waals surface area contributed by atoms with E-state index in [0.29, 0.717) is 0 Å². The highest BCUT2D eigenvalue weighted by molar-refractivity contribution is 7.99. The van der Waals surface area contributed by atoms with E-state index in [4.69, 9.17) is 4.74 Å². The molecular formula is C15H20N2OS. The van der Waals surface area contributed by atoms with Crippen molar-refractivity contribution in [2.75, 3.05) is 23.9 Å². The monoisotopic (exact) mass is 276 g/mol. The molecule has 19 heavy (non-hydrogen) atoms. The number of nitrogens with one attached hydrogen (secondary N) is 1. The average Bonchev–Trinajstić information content (AvgIpc) is 2.42. The Labute approximate surface area is 119 Å². The van der Waals surface area contributed by atoms with Crippen molar-refractivity contribution in [3.05, 3.63) is 24.3 Å². The highest BCUT2D eigenvalue weighted by Gasteiger charge is 2.47. The van der Waals surface area contributed by atoms with Crippen LogP contribution in [0.25, 0.3) is 0 Å². The fourth-order valence-electron chi connectivity index (χ4n) is 2.30. The Hall–Kier alpha value is -1.34. The van der Waals surface area contributed by atoms with E-state index in [1.165, 1.54) is 0 Å². The van der Waals surface area contributed by atoms with Gasteiger partial charge in [0, 0.05) is 16.9 Å². The van der Waals surface area contributed by atoms with Gasteiger partial charge >= 0.3 is 0 Å². The second kappa shape index (κ2) is 5.34. The molecule has 2 rings (SSSR count). The summed E-state index contributed by atoms with van der Waals surface area (Å²) in [5.41, 5.74) is 0.426. The summed E-state index contributed by atoms with van der Waals surface area (Å²) in [6, 6.07) is 10.3. The van der Waals surface area contributed by atoms with Gasteiger partial charge < -0.3 is 10.1 Å². The van der Waals surface area contributed by atoms with Crippen molar-refractivity contribution in [3.8, 4) is 11.8 Å². The van der Waals surface area contributed by atoms with Crippen molar-refractivity contribution in [3.63, 3.8) is 0 Å². The maximum atomic E-state index is 9.69. The van der Waals surface area contributed by atoms with Crippen molar-refractivity contribution >= 4 is 17.4 Å². The maximum Gasteiger partial charge on any atom is 0.139 e. The summed E-state index contributed by atoms with van der Waals surface area (Å²) in [7, 11) is 1.65. The van der Waals surface area contributed by atoms with Crippen molar-refractivity contribution in [1.82, 2.24) is 0 Å². The summed E-state index contributed by atoms with van der Waals surface area (Å²) in [5.74, 6) is 2.78. The summed E-state index contributed by atoms with van der Waals surface area (Å²) in [5, 5.41) is 13.1. The van der Waals surface area contributed by atoms with Crippen LogP contribution in [0.15, 0.2) is 24.3 Å². The molecule has 0 amide bonds. The van der Waals surface area contributed by atoms with E-state index in [1.807, 2.05) is 36.0 Å². The summed E-state index contributed by atoms with van der Waals surface area (Å²) in [4.78, 5) is 0. The molecule has 0 aromatic heterocycles. The fourth-order valence-corrected chi connectivity index (χ4v) is 3.93. The maximum absolute atomic E-state index is 9.69. The average molecular weight is 276 g/mol. The molecule has 0 aliphatic carbocycles. The Kier molecular flexibility index (Phi) is 3.96. The molecule has 4 heteroatoms. The Bertz CT molecular complexity index is 478. The zero-order valence-electron chi connectivity index (χ0n) is 11.7. The molecule has 0 bridgehead atoms. The molecule has 1 aliphatic heterocycles. The van der Waals surface area contributed by atoms with Gasteiger partial charge in [-0.2, -0.15) is 17.0 Å². The predicted molar refractivity (Wildman–Crippen MR) is 80.7 cm³/mol. The molecule has 3 nitrogen and oxygen atoms in total. The molecule has 1 heterocycles. The van der Waals surface area contributed by atoms with Gasteiger partial charge in [-0.05, 0) is 36.4 Å². The fraction of sp³-hybridized carbons (Fsp3) is 0.533. The molecule has 1 aromatic rings. The number of thioether (sulfide) groups is 1. The molecule has 0 radical (unpaired) electrons. The molecule has 1 unspecified atom stereocenters. The van der Waals surface area contributed by atoms with E-state index in [-0.39, 0.29) is 5.41 Å². The second-order valence-electron chi connectivity index (χ2n) is 5.56. The molecule has 1 N–H and O–H groups in total. The molecule has 1 fully saturated rings. The highest BCUT2D eigenvalue weighted by Crippen LogP contribution is 2.44. The van der Waals surface area contributed by atoms with Crippen molar-refractivity contribution < 1.29 is 4.74 Å².